The van der Waals surface area contributed by atoms with Crippen LogP contribution < -0.4 is 0 Å². The van der Waals surface area contributed by atoms with Crippen molar-refractivity contribution in [3.8, 4) is 0 Å². The molecule has 1 aliphatic rings. The van der Waals surface area contributed by atoms with Gasteiger partial charge in [-0.15, -0.1) is 11.3 Å². The first-order valence-electron chi connectivity index (χ1n) is 7.35. The normalized spacial score (nSPS) is 20.2. The molecule has 3 rings (SSSR count). The molecule has 2 aromatic rings. The van der Waals surface area contributed by atoms with Crippen LogP contribution in [0.2, 0.25) is 5.02 Å². The zero-order chi connectivity index (χ0) is 15.7. The minimum atomic E-state index is -0.738. The van der Waals surface area contributed by atoms with Crippen molar-refractivity contribution in [2.45, 2.75) is 31.8 Å². The maximum atomic E-state index is 11.6. The number of aliphatic carboxylic acids is 1. The molecule has 1 aromatic carbocycles. The summed E-state index contributed by atoms with van der Waals surface area (Å²) in [5.74, 6) is -0.738. The molecule has 2 atom stereocenters. The van der Waals surface area contributed by atoms with Crippen LogP contribution in [0.25, 0.3) is 0 Å². The van der Waals surface area contributed by atoms with E-state index in [0.29, 0.717) is 11.4 Å². The molecule has 22 heavy (non-hydrogen) atoms. The van der Waals surface area contributed by atoms with Gasteiger partial charge in [0.2, 0.25) is 0 Å². The van der Waals surface area contributed by atoms with Crippen LogP contribution in [0.4, 0.5) is 0 Å². The molecule has 2 unspecified atom stereocenters. The largest absolute Gasteiger partial charge is 0.480 e. The summed E-state index contributed by atoms with van der Waals surface area (Å²) in [5, 5.41) is 12.3. The lowest BCUT2D eigenvalue weighted by molar-refractivity contribution is -0.142. The quantitative estimate of drug-likeness (QED) is 0.903. The Hall–Kier alpha value is -1.36. The highest BCUT2D eigenvalue weighted by Gasteiger charge is 2.37. The molecule has 5 heteroatoms. The molecule has 1 aliphatic heterocycles. The van der Waals surface area contributed by atoms with Crippen LogP contribution in [0.15, 0.2) is 35.7 Å². The molecule has 1 N–H and O–H groups in total. The van der Waals surface area contributed by atoms with Crippen LogP contribution >= 0.6 is 22.9 Å². The first-order chi connectivity index (χ1) is 10.6. The topological polar surface area (TPSA) is 40.5 Å². The highest BCUT2D eigenvalue weighted by atomic mass is 35.5. The second-order valence-electron chi connectivity index (χ2n) is 5.72. The minimum Gasteiger partial charge on any atom is -0.480 e. The van der Waals surface area contributed by atoms with Gasteiger partial charge in [0, 0.05) is 16.4 Å². The molecule has 0 amide bonds. The van der Waals surface area contributed by atoms with Crippen molar-refractivity contribution in [1.29, 1.82) is 0 Å². The Morgan fingerprint density at radius 2 is 2.27 bits per heavy atom. The Morgan fingerprint density at radius 1 is 1.45 bits per heavy atom. The van der Waals surface area contributed by atoms with Crippen LogP contribution in [0.3, 0.4) is 0 Å². The van der Waals surface area contributed by atoms with Gasteiger partial charge in [0.05, 0.1) is 6.04 Å². The van der Waals surface area contributed by atoms with Gasteiger partial charge in [-0.3, -0.25) is 9.69 Å². The van der Waals surface area contributed by atoms with E-state index in [4.69, 9.17) is 11.6 Å². The molecule has 1 saturated heterocycles. The van der Waals surface area contributed by atoms with E-state index in [1.54, 1.807) is 11.3 Å². The van der Waals surface area contributed by atoms with E-state index in [9.17, 15) is 9.90 Å². The summed E-state index contributed by atoms with van der Waals surface area (Å²) in [6.07, 6.45) is 1.62. The number of halogens is 1. The van der Waals surface area contributed by atoms with Gasteiger partial charge in [-0.25, -0.2) is 0 Å². The number of likely N-dealkylation sites (tertiary alicyclic amines) is 1. The van der Waals surface area contributed by atoms with Gasteiger partial charge in [0.1, 0.15) is 6.04 Å². The van der Waals surface area contributed by atoms with E-state index < -0.39 is 12.0 Å². The van der Waals surface area contributed by atoms with Crippen molar-refractivity contribution < 1.29 is 9.90 Å². The molecule has 1 fully saturated rings. The van der Waals surface area contributed by atoms with Crippen LogP contribution in [0, 0.1) is 6.92 Å². The first-order valence-corrected chi connectivity index (χ1v) is 8.61. The molecule has 0 spiro atoms. The number of rotatable bonds is 4. The zero-order valence-electron chi connectivity index (χ0n) is 12.3. The minimum absolute atomic E-state index is 0.0407. The van der Waals surface area contributed by atoms with Gasteiger partial charge in [-0.05, 0) is 54.5 Å². The fraction of sp³-hybridized carbons (Fsp3) is 0.353. The summed E-state index contributed by atoms with van der Waals surface area (Å²) in [5.41, 5.74) is 2.26. The Bertz CT molecular complexity index is 685. The number of carbonyl (C=O) groups is 1. The Kier molecular flexibility index (Phi) is 4.52. The third-order valence-corrected chi connectivity index (χ3v) is 5.43. The maximum absolute atomic E-state index is 11.6. The zero-order valence-corrected chi connectivity index (χ0v) is 13.9. The predicted octanol–water partition coefficient (Wildman–Crippen LogP) is 4.35. The van der Waals surface area contributed by atoms with Gasteiger partial charge in [0.25, 0.3) is 0 Å². The number of aryl methyl sites for hydroxylation is 1. The van der Waals surface area contributed by atoms with Crippen molar-refractivity contribution in [3.05, 3.63) is 56.7 Å². The molecule has 0 aliphatic carbocycles. The molecule has 0 radical (unpaired) electrons. The van der Waals surface area contributed by atoms with Gasteiger partial charge in [-0.2, -0.15) is 0 Å². The highest BCUT2D eigenvalue weighted by molar-refractivity contribution is 7.10. The average Bonchev–Trinajstić information content (AvgIpc) is 3.09. The van der Waals surface area contributed by atoms with E-state index in [2.05, 4.69) is 23.3 Å². The van der Waals surface area contributed by atoms with E-state index in [1.807, 2.05) is 24.3 Å². The maximum Gasteiger partial charge on any atom is 0.320 e. The van der Waals surface area contributed by atoms with Crippen molar-refractivity contribution >= 4 is 28.9 Å². The van der Waals surface area contributed by atoms with Gasteiger partial charge < -0.3 is 5.11 Å². The Morgan fingerprint density at radius 3 is 2.91 bits per heavy atom. The van der Waals surface area contributed by atoms with E-state index in [0.717, 1.165) is 18.5 Å². The fourth-order valence-electron chi connectivity index (χ4n) is 3.16. The molecule has 2 heterocycles. The first kappa shape index (κ1) is 15.5. The number of carboxylic acid groups (broad SMARTS) is 1. The summed E-state index contributed by atoms with van der Waals surface area (Å²) in [4.78, 5) is 14.9. The van der Waals surface area contributed by atoms with Crippen LogP contribution in [-0.4, -0.2) is 28.6 Å². The van der Waals surface area contributed by atoms with Crippen molar-refractivity contribution in [2.24, 2.45) is 0 Å². The van der Waals surface area contributed by atoms with Crippen LogP contribution in [-0.2, 0) is 4.79 Å². The summed E-state index contributed by atoms with van der Waals surface area (Å²) >= 11 is 7.84. The highest BCUT2D eigenvalue weighted by Crippen LogP contribution is 2.38. The lowest BCUT2D eigenvalue weighted by Gasteiger charge is -2.31. The van der Waals surface area contributed by atoms with E-state index >= 15 is 0 Å². The molecule has 0 saturated carbocycles. The number of benzene rings is 1. The Balaban J connectivity index is 2.05. The fourth-order valence-corrected chi connectivity index (χ4v) is 4.40. The van der Waals surface area contributed by atoms with E-state index in [-0.39, 0.29) is 6.04 Å². The SMILES string of the molecule is Cc1csc(C(c2cccc(Cl)c2)N2CCCC2C(=O)O)c1. The monoisotopic (exact) mass is 335 g/mol. The van der Waals surface area contributed by atoms with Crippen molar-refractivity contribution in [1.82, 2.24) is 4.90 Å². The summed E-state index contributed by atoms with van der Waals surface area (Å²) in [7, 11) is 0. The summed E-state index contributed by atoms with van der Waals surface area (Å²) in [6, 6.07) is 9.43. The van der Waals surface area contributed by atoms with Crippen molar-refractivity contribution in [2.75, 3.05) is 6.54 Å². The molecule has 1 aromatic heterocycles. The average molecular weight is 336 g/mol. The predicted molar refractivity (Wildman–Crippen MR) is 89.7 cm³/mol. The third kappa shape index (κ3) is 3.05. The molecule has 0 bridgehead atoms. The lowest BCUT2D eigenvalue weighted by Crippen LogP contribution is -2.39. The number of hydrogen-bond acceptors (Lipinski definition) is 3. The van der Waals surface area contributed by atoms with Crippen LogP contribution in [0.1, 0.15) is 34.9 Å². The number of thiophene rings is 1. The number of carboxylic acids is 1. The lowest BCUT2D eigenvalue weighted by atomic mass is 10.0. The molecule has 3 nitrogen and oxygen atoms in total. The van der Waals surface area contributed by atoms with E-state index in [1.165, 1.54) is 10.4 Å². The number of nitrogens with zero attached hydrogens (tertiary/aromatic N) is 1. The smallest absolute Gasteiger partial charge is 0.320 e. The second kappa shape index (κ2) is 6.41. The second-order valence-corrected chi connectivity index (χ2v) is 7.10. The Labute approximate surface area is 139 Å². The molecular weight excluding hydrogens is 318 g/mol. The van der Waals surface area contributed by atoms with Crippen molar-refractivity contribution in [3.63, 3.8) is 0 Å². The van der Waals surface area contributed by atoms with Gasteiger partial charge in [0.15, 0.2) is 0 Å². The van der Waals surface area contributed by atoms with Gasteiger partial charge in [-0.1, -0.05) is 23.7 Å². The summed E-state index contributed by atoms with van der Waals surface area (Å²) in [6.45, 7) is 2.86. The number of hydrogen-bond donors (Lipinski definition) is 1. The summed E-state index contributed by atoms with van der Waals surface area (Å²) < 4.78 is 0. The van der Waals surface area contributed by atoms with Gasteiger partial charge >= 0.3 is 5.97 Å². The standard InChI is InChI=1S/C17H18ClNO2S/c1-11-8-15(22-10-11)16(12-4-2-5-13(18)9-12)19-7-3-6-14(19)17(20)21/h2,4-5,8-10,14,16H,3,6-7H2,1H3,(H,20,21). The van der Waals surface area contributed by atoms with Crippen LogP contribution in [0.5, 0.6) is 0 Å². The molecule has 116 valence electrons. The third-order valence-electron chi connectivity index (χ3n) is 4.10. The molecular formula is C17H18ClNO2S.